The summed E-state index contributed by atoms with van der Waals surface area (Å²) in [7, 11) is 1.45. The zero-order chi connectivity index (χ0) is 85.0. The molecular formula is C82H63Cl5F6O20. The van der Waals surface area contributed by atoms with Gasteiger partial charge in [-0.25, -0.2) is 69.5 Å². The molecule has 0 bridgehead atoms. The number of rotatable bonds is 19. The van der Waals surface area contributed by atoms with Crippen molar-refractivity contribution >= 4 is 166 Å². The molecule has 0 atom stereocenters. The lowest BCUT2D eigenvalue weighted by atomic mass is 10.2. The number of aromatic hydroxyl groups is 1. The molecule has 0 aliphatic carbocycles. The summed E-state index contributed by atoms with van der Waals surface area (Å²) in [6.45, 7) is 0. The largest absolute Gasteiger partial charge is 0.504 e. The Bertz CT molecular complexity index is 4760. The van der Waals surface area contributed by atoms with Crippen LogP contribution in [0.2, 0.25) is 25.1 Å². The lowest BCUT2D eigenvalue weighted by Gasteiger charge is -2.02. The van der Waals surface area contributed by atoms with Crippen LogP contribution < -0.4 is 4.74 Å². The molecule has 0 heterocycles. The molecule has 31 heteroatoms. The molecule has 0 saturated heterocycles. The summed E-state index contributed by atoms with van der Waals surface area (Å²) < 4.78 is 79.8. The number of methoxy groups -OCH3 is 1. The normalized spacial score (nSPS) is 10.5. The van der Waals surface area contributed by atoms with Crippen molar-refractivity contribution in [2.24, 2.45) is 0 Å². The van der Waals surface area contributed by atoms with Crippen LogP contribution >= 0.6 is 58.0 Å². The van der Waals surface area contributed by atoms with Gasteiger partial charge in [-0.15, -0.1) is 0 Å². The predicted molar refractivity (Wildman–Crippen MR) is 421 cm³/mol. The maximum absolute atomic E-state index is 12.8. The lowest BCUT2D eigenvalue weighted by molar-refractivity contribution is -0.132. The molecule has 9 aromatic rings. The standard InChI is InChI=1S/C10H10O4.C9H6Cl2O2.3C9H7ClO2.2C9H6F2O2.2C9H7FO2/c1-14-9-4-2-7(6-8(9)11)3-5-10(12)13;10-7-3-1-6(5-8(7)11)2-4-9(12)13;10-8-4-1-7(2-5-8)3-6-9(11)12;10-8-3-1-2-7(6-8)4-5-9(11)12;10-8-4-2-1-3-7(8)5-6-9(11)12;10-7-3-1-6(8(11)5-7)2-4-9(12)13;10-7-3-1-6(5-8(7)11)2-4-9(12)13;10-8-4-1-7(2-5-8)3-6-9(11)12;10-8-3-1-2-7(6-8)4-5-9(11)12/h2-6,11H,1H3,(H,12,13);1-5H,(H,12,13);3*1-6H,(H,11,12);2*1-5H,(H,12,13);2*1-6H,(H,11,12)/b5-3+;4-2+;6-3+;5-4+;6-5+;2*4-2+;6-3+;5-4+. The van der Waals surface area contributed by atoms with Crippen LogP contribution in [0.15, 0.2) is 249 Å². The van der Waals surface area contributed by atoms with Gasteiger partial charge in [-0.2, -0.15) is 0 Å². The van der Waals surface area contributed by atoms with Crippen LogP contribution in [0.5, 0.6) is 11.5 Å². The molecule has 0 unspecified atom stereocenters. The van der Waals surface area contributed by atoms with Gasteiger partial charge in [0.25, 0.3) is 0 Å². The topological polar surface area (TPSA) is 365 Å². The first-order valence-corrected chi connectivity index (χ1v) is 32.9. The first-order valence-electron chi connectivity index (χ1n) is 31.0. The van der Waals surface area contributed by atoms with Gasteiger partial charge < -0.3 is 55.8 Å². The van der Waals surface area contributed by atoms with E-state index < -0.39 is 77.0 Å². The van der Waals surface area contributed by atoms with Crippen LogP contribution in [0.25, 0.3) is 54.7 Å². The van der Waals surface area contributed by atoms with Crippen molar-refractivity contribution in [1.82, 2.24) is 0 Å². The zero-order valence-corrected chi connectivity index (χ0v) is 61.9. The second kappa shape index (κ2) is 55.0. The van der Waals surface area contributed by atoms with Crippen LogP contribution in [0.3, 0.4) is 0 Å². The molecule has 10 N–H and O–H groups in total. The highest BCUT2D eigenvalue weighted by Crippen LogP contribution is 2.27. The van der Waals surface area contributed by atoms with E-state index in [0.29, 0.717) is 70.3 Å². The third-order valence-corrected chi connectivity index (χ3v) is 13.7. The molecule has 0 fully saturated rings. The van der Waals surface area contributed by atoms with Gasteiger partial charge in [-0.1, -0.05) is 143 Å². The number of carbonyl (C=O) groups is 9. The average Bonchev–Trinajstić information content (AvgIpc) is 0.896. The number of halogens is 11. The molecule has 0 radical (unpaired) electrons. The predicted octanol–water partition coefficient (Wildman–Crippen LogP) is 19.9. The van der Waals surface area contributed by atoms with Crippen molar-refractivity contribution in [3.05, 3.63) is 359 Å². The van der Waals surface area contributed by atoms with Crippen molar-refractivity contribution in [2.45, 2.75) is 0 Å². The number of ether oxygens (including phenoxy) is 1. The maximum Gasteiger partial charge on any atom is 0.328 e. The molecule has 0 aromatic heterocycles. The van der Waals surface area contributed by atoms with Gasteiger partial charge in [0.2, 0.25) is 0 Å². The molecule has 9 aromatic carbocycles. The Kier molecular flexibility index (Phi) is 47.4. The van der Waals surface area contributed by atoms with E-state index in [0.717, 1.165) is 90.1 Å². The van der Waals surface area contributed by atoms with Crippen LogP contribution in [0, 0.1) is 34.9 Å². The van der Waals surface area contributed by atoms with E-state index in [1.54, 1.807) is 109 Å². The number of hydrogen-bond acceptors (Lipinski definition) is 11. The first-order chi connectivity index (χ1) is 53.3. The summed E-state index contributed by atoms with van der Waals surface area (Å²) in [5.41, 5.74) is 5.18. The highest BCUT2D eigenvalue weighted by Gasteiger charge is 2.05. The summed E-state index contributed by atoms with van der Waals surface area (Å²) in [6.07, 6.45) is 21.2. The minimum Gasteiger partial charge on any atom is -0.504 e. The zero-order valence-electron chi connectivity index (χ0n) is 58.1. The number of hydrogen-bond donors (Lipinski definition) is 10. The Morgan fingerprint density at radius 2 is 0.637 bits per heavy atom. The summed E-state index contributed by atoms with van der Waals surface area (Å²) in [5.74, 6) is -13.1. The lowest BCUT2D eigenvalue weighted by Crippen LogP contribution is -1.88. The van der Waals surface area contributed by atoms with E-state index in [1.807, 2.05) is 0 Å². The number of carboxylic acids is 9. The SMILES string of the molecule is COc1ccc(/C=C/C(=O)O)cc1O.O=C(O)/C=C/c1ccc(Cl)c(Cl)c1.O=C(O)/C=C/c1ccc(Cl)cc1.O=C(O)/C=C/c1ccc(F)c(F)c1.O=C(O)/C=C/c1ccc(F)cc1.O=C(O)/C=C/c1ccc(F)cc1F.O=C(O)/C=C/c1cccc(Cl)c1.O=C(O)/C=C/c1cccc(F)c1.O=C(O)/C=C/c1ccccc1Cl. The van der Waals surface area contributed by atoms with Crippen molar-refractivity contribution in [1.29, 1.82) is 0 Å². The van der Waals surface area contributed by atoms with Gasteiger partial charge in [0.05, 0.1) is 17.2 Å². The molecular weight excluding hydrogens is 1600 g/mol. The highest BCUT2D eigenvalue weighted by molar-refractivity contribution is 6.42. The van der Waals surface area contributed by atoms with Crippen LogP contribution in [0.1, 0.15) is 50.1 Å². The van der Waals surface area contributed by atoms with Crippen LogP contribution in [-0.4, -0.2) is 112 Å². The minimum atomic E-state index is -1.18. The van der Waals surface area contributed by atoms with E-state index in [4.69, 9.17) is 109 Å². The maximum atomic E-state index is 12.8. The van der Waals surface area contributed by atoms with Crippen LogP contribution in [-0.2, 0) is 43.2 Å². The third kappa shape index (κ3) is 49.2. The van der Waals surface area contributed by atoms with E-state index in [1.165, 1.54) is 116 Å². The van der Waals surface area contributed by atoms with Gasteiger partial charge in [-0.05, 0) is 202 Å². The summed E-state index contributed by atoms with van der Waals surface area (Å²) in [6, 6.07) is 47.9. The number of phenolic OH excluding ortho intramolecular Hbond substituents is 1. The fourth-order valence-electron chi connectivity index (χ4n) is 7.15. The monoisotopic (exact) mass is 1660 g/mol. The van der Waals surface area contributed by atoms with Crippen molar-refractivity contribution in [3.63, 3.8) is 0 Å². The van der Waals surface area contributed by atoms with Gasteiger partial charge in [0.1, 0.15) is 23.3 Å². The Hall–Kier alpha value is -13.5. The molecule has 0 aliphatic heterocycles. The molecule has 0 saturated carbocycles. The van der Waals surface area contributed by atoms with Gasteiger partial charge in [-0.3, -0.25) is 0 Å². The molecule has 0 aliphatic rings. The number of carboxylic acid groups (broad SMARTS) is 9. The second-order valence-corrected chi connectivity index (χ2v) is 22.8. The quantitative estimate of drug-likeness (QED) is 0.0265. The molecule has 9 rings (SSSR count). The van der Waals surface area contributed by atoms with E-state index in [2.05, 4.69) is 0 Å². The molecule has 0 spiro atoms. The fourth-order valence-corrected chi connectivity index (χ4v) is 7.98. The third-order valence-electron chi connectivity index (χ3n) is 12.1. The summed E-state index contributed by atoms with van der Waals surface area (Å²) >= 11 is 28.5. The number of benzene rings is 9. The summed E-state index contributed by atoms with van der Waals surface area (Å²) in [5, 5.41) is 86.7. The summed E-state index contributed by atoms with van der Waals surface area (Å²) in [4.78, 5) is 91.1. The van der Waals surface area contributed by atoms with E-state index in [-0.39, 0.29) is 22.9 Å². The molecule has 20 nitrogen and oxygen atoms in total. The van der Waals surface area contributed by atoms with Crippen LogP contribution in [0.4, 0.5) is 26.3 Å². The Balaban J connectivity index is 0.000000636. The van der Waals surface area contributed by atoms with Crippen molar-refractivity contribution in [3.8, 4) is 11.5 Å². The molecule has 588 valence electrons. The van der Waals surface area contributed by atoms with E-state index in [9.17, 15) is 74.6 Å². The van der Waals surface area contributed by atoms with Gasteiger partial charge in [0.15, 0.2) is 23.1 Å². The van der Waals surface area contributed by atoms with Crippen molar-refractivity contribution in [2.75, 3.05) is 7.11 Å². The highest BCUT2D eigenvalue weighted by atomic mass is 35.5. The fraction of sp³-hybridized carbons (Fsp3) is 0.0122. The molecule has 113 heavy (non-hydrogen) atoms. The smallest absolute Gasteiger partial charge is 0.328 e. The molecule has 0 amide bonds. The van der Waals surface area contributed by atoms with Gasteiger partial charge in [0, 0.05) is 81.4 Å². The Morgan fingerprint density at radius 1 is 0.274 bits per heavy atom. The minimum absolute atomic E-state index is 0.0139. The van der Waals surface area contributed by atoms with Crippen molar-refractivity contribution < 1.29 is 125 Å². The second-order valence-electron chi connectivity index (χ2n) is 20.7. The Morgan fingerprint density at radius 3 is 1.05 bits per heavy atom. The van der Waals surface area contributed by atoms with Gasteiger partial charge >= 0.3 is 53.7 Å². The first kappa shape index (κ1) is 97.5. The average molecular weight is 1660 g/mol. The van der Waals surface area contributed by atoms with E-state index >= 15 is 0 Å². The number of phenols is 1. The Labute approximate surface area is 665 Å². The number of aliphatic carboxylic acids is 9.